The van der Waals surface area contributed by atoms with Gasteiger partial charge in [0.25, 0.3) is 0 Å². The molecule has 0 saturated carbocycles. The van der Waals surface area contributed by atoms with E-state index in [0.29, 0.717) is 25.9 Å². The molecule has 0 bridgehead atoms. The van der Waals surface area contributed by atoms with Crippen molar-refractivity contribution in [2.45, 2.75) is 26.7 Å². The number of hydrogen-bond acceptors (Lipinski definition) is 3. The van der Waals surface area contributed by atoms with Crippen molar-refractivity contribution in [3.05, 3.63) is 0 Å². The van der Waals surface area contributed by atoms with Gasteiger partial charge in [-0.2, -0.15) is 0 Å². The lowest BCUT2D eigenvalue weighted by molar-refractivity contribution is -0.141. The van der Waals surface area contributed by atoms with E-state index >= 15 is 0 Å². The van der Waals surface area contributed by atoms with Crippen molar-refractivity contribution in [2.24, 2.45) is 5.92 Å². The number of carbonyl (C=O) groups is 3. The largest absolute Gasteiger partial charge is 0.481 e. The fraction of sp³-hybridized carbons (Fsp3) is 0.750. The van der Waals surface area contributed by atoms with Gasteiger partial charge >= 0.3 is 12.0 Å². The van der Waals surface area contributed by atoms with Crippen LogP contribution in [0.3, 0.4) is 0 Å². The summed E-state index contributed by atoms with van der Waals surface area (Å²) in [5, 5.41) is 13.9. The van der Waals surface area contributed by atoms with Crippen molar-refractivity contribution in [3.8, 4) is 0 Å². The molecular weight excluding hydrogens is 250 g/mol. The van der Waals surface area contributed by atoms with Crippen molar-refractivity contribution < 1.29 is 19.5 Å². The van der Waals surface area contributed by atoms with Gasteiger partial charge in [0.05, 0.1) is 5.92 Å². The summed E-state index contributed by atoms with van der Waals surface area (Å²) in [5.41, 5.74) is 0. The molecule has 0 radical (unpaired) electrons. The SMILES string of the molecule is CCNC(=O)CN(C)C(=O)NCCCC(C)C(=O)O. The normalized spacial score (nSPS) is 11.5. The smallest absolute Gasteiger partial charge is 0.317 e. The van der Waals surface area contributed by atoms with Crippen LogP contribution in [0.25, 0.3) is 0 Å². The number of likely N-dealkylation sites (N-methyl/N-ethyl adjacent to an activating group) is 2. The molecule has 0 aromatic heterocycles. The molecule has 0 aromatic rings. The number of aliphatic carboxylic acids is 1. The zero-order valence-corrected chi connectivity index (χ0v) is 11.7. The van der Waals surface area contributed by atoms with Crippen LogP contribution in [-0.2, 0) is 9.59 Å². The third kappa shape index (κ3) is 8.01. The summed E-state index contributed by atoms with van der Waals surface area (Å²) in [7, 11) is 1.53. The van der Waals surface area contributed by atoms with Gasteiger partial charge in [0.15, 0.2) is 0 Å². The summed E-state index contributed by atoms with van der Waals surface area (Å²) < 4.78 is 0. The lowest BCUT2D eigenvalue weighted by Gasteiger charge is -2.17. The number of carboxylic acids is 1. The van der Waals surface area contributed by atoms with Gasteiger partial charge in [-0.15, -0.1) is 0 Å². The first kappa shape index (κ1) is 17.2. The summed E-state index contributed by atoms with van der Waals surface area (Å²) in [6.45, 7) is 4.37. The van der Waals surface area contributed by atoms with E-state index in [4.69, 9.17) is 5.11 Å². The number of carboxylic acid groups (broad SMARTS) is 1. The Morgan fingerprint density at radius 2 is 1.89 bits per heavy atom. The van der Waals surface area contributed by atoms with Crippen LogP contribution in [0.2, 0.25) is 0 Å². The van der Waals surface area contributed by atoms with Gasteiger partial charge in [-0.3, -0.25) is 9.59 Å². The highest BCUT2D eigenvalue weighted by molar-refractivity contribution is 5.83. The van der Waals surface area contributed by atoms with E-state index < -0.39 is 11.9 Å². The zero-order chi connectivity index (χ0) is 14.8. The average Bonchev–Trinajstić information content (AvgIpc) is 2.33. The minimum Gasteiger partial charge on any atom is -0.481 e. The van der Waals surface area contributed by atoms with Crippen LogP contribution >= 0.6 is 0 Å². The number of nitrogens with one attached hydrogen (secondary N) is 2. The molecule has 0 rings (SSSR count). The average molecular weight is 273 g/mol. The second-order valence-corrected chi connectivity index (χ2v) is 4.42. The Kier molecular flexibility index (Phi) is 8.32. The quantitative estimate of drug-likeness (QED) is 0.553. The number of rotatable bonds is 8. The Bertz CT molecular complexity index is 320. The highest BCUT2D eigenvalue weighted by atomic mass is 16.4. The van der Waals surface area contributed by atoms with E-state index in [1.165, 1.54) is 11.9 Å². The maximum atomic E-state index is 11.6. The molecule has 0 spiro atoms. The molecule has 3 N–H and O–H groups in total. The molecule has 0 aromatic carbocycles. The van der Waals surface area contributed by atoms with Gasteiger partial charge in [0.1, 0.15) is 6.54 Å². The van der Waals surface area contributed by atoms with E-state index in [0.717, 1.165) is 0 Å². The monoisotopic (exact) mass is 273 g/mol. The summed E-state index contributed by atoms with van der Waals surface area (Å²) >= 11 is 0. The Balaban J connectivity index is 3.79. The number of hydrogen-bond donors (Lipinski definition) is 3. The predicted octanol–water partition coefficient (Wildman–Crippen LogP) is 0.265. The first-order chi connectivity index (χ1) is 8.88. The maximum Gasteiger partial charge on any atom is 0.317 e. The third-order valence-corrected chi connectivity index (χ3v) is 2.61. The van der Waals surface area contributed by atoms with Crippen molar-refractivity contribution in [2.75, 3.05) is 26.7 Å². The van der Waals surface area contributed by atoms with Crippen molar-refractivity contribution in [3.63, 3.8) is 0 Å². The first-order valence-electron chi connectivity index (χ1n) is 6.37. The minimum absolute atomic E-state index is 0.00516. The number of amides is 3. The van der Waals surface area contributed by atoms with Gasteiger partial charge in [0.2, 0.25) is 5.91 Å². The molecule has 0 aliphatic heterocycles. The molecule has 1 unspecified atom stereocenters. The summed E-state index contributed by atoms with van der Waals surface area (Å²) in [6, 6.07) is -0.339. The number of nitrogens with zero attached hydrogens (tertiary/aromatic N) is 1. The molecule has 0 fully saturated rings. The van der Waals surface area contributed by atoms with Crippen LogP contribution in [0, 0.1) is 5.92 Å². The van der Waals surface area contributed by atoms with Crippen LogP contribution < -0.4 is 10.6 Å². The van der Waals surface area contributed by atoms with Crippen LogP contribution in [0.5, 0.6) is 0 Å². The van der Waals surface area contributed by atoms with Crippen molar-refractivity contribution in [1.82, 2.24) is 15.5 Å². The topological polar surface area (TPSA) is 98.7 Å². The molecule has 1 atom stereocenters. The fourth-order valence-electron chi connectivity index (χ4n) is 1.40. The van der Waals surface area contributed by atoms with Gasteiger partial charge in [-0.1, -0.05) is 6.92 Å². The highest BCUT2D eigenvalue weighted by Crippen LogP contribution is 2.04. The van der Waals surface area contributed by atoms with Crippen molar-refractivity contribution >= 4 is 17.9 Å². The molecule has 0 heterocycles. The molecule has 0 aliphatic carbocycles. The van der Waals surface area contributed by atoms with Gasteiger partial charge in [-0.05, 0) is 19.8 Å². The summed E-state index contributed by atoms with van der Waals surface area (Å²) in [6.07, 6.45) is 1.10. The summed E-state index contributed by atoms with van der Waals surface area (Å²) in [4.78, 5) is 34.7. The second kappa shape index (κ2) is 9.18. The Labute approximate surface area is 113 Å². The van der Waals surface area contributed by atoms with Crippen LogP contribution in [0.1, 0.15) is 26.7 Å². The van der Waals surface area contributed by atoms with E-state index in [1.807, 2.05) is 6.92 Å². The van der Waals surface area contributed by atoms with Crippen molar-refractivity contribution in [1.29, 1.82) is 0 Å². The van der Waals surface area contributed by atoms with Gasteiger partial charge in [0, 0.05) is 20.1 Å². The van der Waals surface area contributed by atoms with Gasteiger partial charge < -0.3 is 20.6 Å². The second-order valence-electron chi connectivity index (χ2n) is 4.42. The molecule has 3 amide bonds. The maximum absolute atomic E-state index is 11.6. The third-order valence-electron chi connectivity index (χ3n) is 2.61. The van der Waals surface area contributed by atoms with E-state index in [2.05, 4.69) is 10.6 Å². The highest BCUT2D eigenvalue weighted by Gasteiger charge is 2.13. The Morgan fingerprint density at radius 3 is 2.42 bits per heavy atom. The van der Waals surface area contributed by atoms with Crippen LogP contribution in [0.4, 0.5) is 4.79 Å². The fourth-order valence-corrected chi connectivity index (χ4v) is 1.40. The lowest BCUT2D eigenvalue weighted by atomic mass is 10.1. The zero-order valence-electron chi connectivity index (χ0n) is 11.7. The van der Waals surface area contributed by atoms with Gasteiger partial charge in [-0.25, -0.2) is 4.79 Å². The number of urea groups is 1. The molecule has 7 nitrogen and oxygen atoms in total. The molecule has 7 heteroatoms. The Hall–Kier alpha value is -1.79. The molecule has 0 saturated heterocycles. The molecular formula is C12H23N3O4. The lowest BCUT2D eigenvalue weighted by Crippen LogP contribution is -2.43. The molecule has 19 heavy (non-hydrogen) atoms. The standard InChI is InChI=1S/C12H23N3O4/c1-4-13-10(16)8-15(3)12(19)14-7-5-6-9(2)11(17)18/h9H,4-8H2,1-3H3,(H,13,16)(H,14,19)(H,17,18). The Morgan fingerprint density at radius 1 is 1.26 bits per heavy atom. The van der Waals surface area contributed by atoms with E-state index in [9.17, 15) is 14.4 Å². The van der Waals surface area contributed by atoms with Crippen LogP contribution in [0.15, 0.2) is 0 Å². The van der Waals surface area contributed by atoms with Crippen LogP contribution in [-0.4, -0.2) is 54.6 Å². The predicted molar refractivity (Wildman–Crippen MR) is 70.7 cm³/mol. The minimum atomic E-state index is -0.834. The summed E-state index contributed by atoms with van der Waals surface area (Å²) in [5.74, 6) is -1.45. The van der Waals surface area contributed by atoms with E-state index in [-0.39, 0.29) is 18.5 Å². The number of carbonyl (C=O) groups excluding carboxylic acids is 2. The first-order valence-corrected chi connectivity index (χ1v) is 6.37. The molecule has 0 aliphatic rings. The molecule has 110 valence electrons. The van der Waals surface area contributed by atoms with E-state index in [1.54, 1.807) is 6.92 Å².